The van der Waals surface area contributed by atoms with Crippen LogP contribution < -0.4 is 24.8 Å². The predicted octanol–water partition coefficient (Wildman–Crippen LogP) is 4.27. The molecule has 2 heterocycles. The summed E-state index contributed by atoms with van der Waals surface area (Å²) in [6.07, 6.45) is 0. The van der Waals surface area contributed by atoms with Crippen LogP contribution in [0.1, 0.15) is 18.2 Å². The van der Waals surface area contributed by atoms with Crippen molar-refractivity contribution < 1.29 is 14.2 Å². The molecule has 2 aromatic carbocycles. The molecule has 0 saturated carbocycles. The van der Waals surface area contributed by atoms with E-state index in [1.165, 1.54) is 0 Å². The Bertz CT molecular complexity index is 978. The van der Waals surface area contributed by atoms with Crippen LogP contribution in [-0.4, -0.2) is 23.4 Å². The highest BCUT2D eigenvalue weighted by Crippen LogP contribution is 2.32. The summed E-state index contributed by atoms with van der Waals surface area (Å²) >= 11 is 0. The van der Waals surface area contributed by atoms with Gasteiger partial charge < -0.3 is 24.8 Å². The Labute approximate surface area is 163 Å². The summed E-state index contributed by atoms with van der Waals surface area (Å²) in [6, 6.07) is 15.6. The Balaban J connectivity index is 1.48. The lowest BCUT2D eigenvalue weighted by Gasteiger charge is -2.13. The van der Waals surface area contributed by atoms with Crippen LogP contribution in [0, 0.1) is 6.92 Å². The smallest absolute Gasteiger partial charge is 0.231 e. The molecule has 0 radical (unpaired) electrons. The Morgan fingerprint density at radius 3 is 2.79 bits per heavy atom. The van der Waals surface area contributed by atoms with E-state index in [0.717, 1.165) is 34.2 Å². The van der Waals surface area contributed by atoms with Gasteiger partial charge in [0.25, 0.3) is 0 Å². The SMILES string of the molecule is CCOc1ccccc1Nc1cc(C)nc(NCc2ccc3c(c2)OCO3)n1. The van der Waals surface area contributed by atoms with E-state index < -0.39 is 0 Å². The summed E-state index contributed by atoms with van der Waals surface area (Å²) in [6.45, 7) is 5.35. The molecule has 0 spiro atoms. The number of hydrogen-bond donors (Lipinski definition) is 2. The van der Waals surface area contributed by atoms with Gasteiger partial charge in [-0.25, -0.2) is 4.98 Å². The zero-order valence-electron chi connectivity index (χ0n) is 15.9. The zero-order chi connectivity index (χ0) is 19.3. The molecule has 3 aromatic rings. The van der Waals surface area contributed by atoms with E-state index in [0.29, 0.717) is 24.9 Å². The summed E-state index contributed by atoms with van der Waals surface area (Å²) in [5, 5.41) is 6.59. The number of aromatic nitrogens is 2. The number of hydrogen-bond acceptors (Lipinski definition) is 7. The largest absolute Gasteiger partial charge is 0.492 e. The number of nitrogens with zero attached hydrogens (tertiary/aromatic N) is 2. The van der Waals surface area contributed by atoms with Crippen LogP contribution in [0.5, 0.6) is 17.2 Å². The molecule has 0 fully saturated rings. The molecule has 0 saturated heterocycles. The first-order valence-corrected chi connectivity index (χ1v) is 9.18. The lowest BCUT2D eigenvalue weighted by molar-refractivity contribution is 0.174. The number of nitrogens with one attached hydrogen (secondary N) is 2. The minimum absolute atomic E-state index is 0.269. The van der Waals surface area contributed by atoms with Gasteiger partial charge in [0, 0.05) is 18.3 Å². The number of para-hydroxylation sites is 2. The fourth-order valence-electron chi connectivity index (χ4n) is 2.93. The molecule has 2 N–H and O–H groups in total. The average molecular weight is 378 g/mol. The topological polar surface area (TPSA) is 77.5 Å². The molecule has 1 aromatic heterocycles. The van der Waals surface area contributed by atoms with Crippen molar-refractivity contribution in [3.8, 4) is 17.2 Å². The van der Waals surface area contributed by atoms with E-state index in [4.69, 9.17) is 14.2 Å². The summed E-state index contributed by atoms with van der Waals surface area (Å²) < 4.78 is 16.4. The highest BCUT2D eigenvalue weighted by molar-refractivity contribution is 5.64. The lowest BCUT2D eigenvalue weighted by atomic mass is 10.2. The molecular formula is C21H22N4O3. The van der Waals surface area contributed by atoms with Crippen LogP contribution in [0.4, 0.5) is 17.5 Å². The van der Waals surface area contributed by atoms with Gasteiger partial charge in [-0.2, -0.15) is 4.98 Å². The van der Waals surface area contributed by atoms with Crippen molar-refractivity contribution in [3.63, 3.8) is 0 Å². The third-order valence-electron chi connectivity index (χ3n) is 4.19. The van der Waals surface area contributed by atoms with Crippen molar-refractivity contribution >= 4 is 17.5 Å². The van der Waals surface area contributed by atoms with Crippen molar-refractivity contribution in [2.45, 2.75) is 20.4 Å². The number of anilines is 3. The van der Waals surface area contributed by atoms with Gasteiger partial charge in [0.2, 0.25) is 12.7 Å². The van der Waals surface area contributed by atoms with Gasteiger partial charge in [-0.1, -0.05) is 18.2 Å². The first kappa shape index (κ1) is 17.9. The fourth-order valence-corrected chi connectivity index (χ4v) is 2.93. The van der Waals surface area contributed by atoms with Crippen molar-refractivity contribution in [1.82, 2.24) is 9.97 Å². The summed E-state index contributed by atoms with van der Waals surface area (Å²) in [7, 11) is 0. The van der Waals surface area contributed by atoms with Crippen LogP contribution in [0.2, 0.25) is 0 Å². The third-order valence-corrected chi connectivity index (χ3v) is 4.19. The van der Waals surface area contributed by atoms with E-state index >= 15 is 0 Å². The van der Waals surface area contributed by atoms with Crippen LogP contribution in [0.3, 0.4) is 0 Å². The molecule has 7 heteroatoms. The van der Waals surface area contributed by atoms with Gasteiger partial charge >= 0.3 is 0 Å². The molecule has 0 bridgehead atoms. The number of rotatable bonds is 7. The second kappa shape index (κ2) is 8.04. The Kier molecular flexibility index (Phi) is 5.14. The molecule has 1 aliphatic rings. The monoisotopic (exact) mass is 378 g/mol. The van der Waals surface area contributed by atoms with E-state index in [1.54, 1.807) is 0 Å². The maximum atomic E-state index is 5.67. The van der Waals surface area contributed by atoms with Crippen LogP contribution >= 0.6 is 0 Å². The number of aryl methyl sites for hydroxylation is 1. The number of benzene rings is 2. The van der Waals surface area contributed by atoms with E-state index in [9.17, 15) is 0 Å². The number of fused-ring (bicyclic) bond motifs is 1. The third kappa shape index (κ3) is 4.09. The molecule has 0 aliphatic carbocycles. The second-order valence-corrected chi connectivity index (χ2v) is 6.31. The predicted molar refractivity (Wildman–Crippen MR) is 108 cm³/mol. The molecule has 0 amide bonds. The van der Waals surface area contributed by atoms with Gasteiger partial charge in [-0.15, -0.1) is 0 Å². The van der Waals surface area contributed by atoms with Gasteiger partial charge in [-0.3, -0.25) is 0 Å². The normalized spacial score (nSPS) is 11.9. The number of ether oxygens (including phenoxy) is 3. The van der Waals surface area contributed by atoms with Gasteiger partial charge in [0.15, 0.2) is 11.5 Å². The van der Waals surface area contributed by atoms with Crippen molar-refractivity contribution in [2.75, 3.05) is 24.0 Å². The molecule has 28 heavy (non-hydrogen) atoms. The molecule has 1 aliphatic heterocycles. The maximum absolute atomic E-state index is 5.67. The highest BCUT2D eigenvalue weighted by Gasteiger charge is 2.13. The summed E-state index contributed by atoms with van der Waals surface area (Å²) in [5.74, 6) is 3.58. The first-order chi connectivity index (χ1) is 13.7. The summed E-state index contributed by atoms with van der Waals surface area (Å²) in [5.41, 5.74) is 2.79. The van der Waals surface area contributed by atoms with Gasteiger partial charge in [-0.05, 0) is 43.7 Å². The van der Waals surface area contributed by atoms with Crippen LogP contribution in [0.25, 0.3) is 0 Å². The van der Waals surface area contributed by atoms with E-state index in [-0.39, 0.29) is 6.79 Å². The quantitative estimate of drug-likeness (QED) is 0.636. The minimum atomic E-state index is 0.269. The lowest BCUT2D eigenvalue weighted by Crippen LogP contribution is -2.07. The first-order valence-electron chi connectivity index (χ1n) is 9.18. The maximum Gasteiger partial charge on any atom is 0.231 e. The van der Waals surface area contributed by atoms with E-state index in [1.807, 2.05) is 62.4 Å². The highest BCUT2D eigenvalue weighted by atomic mass is 16.7. The van der Waals surface area contributed by atoms with Crippen molar-refractivity contribution in [1.29, 1.82) is 0 Å². The molecule has 0 unspecified atom stereocenters. The molecule has 0 atom stereocenters. The zero-order valence-corrected chi connectivity index (χ0v) is 15.9. The molecule has 4 rings (SSSR count). The standard InChI is InChI=1S/C21H22N4O3/c1-3-26-17-7-5-4-6-16(17)24-20-10-14(2)23-21(25-20)22-12-15-8-9-18-19(11-15)28-13-27-18/h4-11H,3,12-13H2,1-2H3,(H2,22,23,24,25). The van der Waals surface area contributed by atoms with E-state index in [2.05, 4.69) is 20.6 Å². The molecule has 7 nitrogen and oxygen atoms in total. The molecule has 144 valence electrons. The summed E-state index contributed by atoms with van der Waals surface area (Å²) in [4.78, 5) is 9.05. The molecular weight excluding hydrogens is 356 g/mol. The van der Waals surface area contributed by atoms with Crippen molar-refractivity contribution in [3.05, 3.63) is 59.8 Å². The van der Waals surface area contributed by atoms with Crippen molar-refractivity contribution in [2.24, 2.45) is 0 Å². The second-order valence-electron chi connectivity index (χ2n) is 6.31. The van der Waals surface area contributed by atoms with Crippen LogP contribution in [0.15, 0.2) is 48.5 Å². The van der Waals surface area contributed by atoms with Gasteiger partial charge in [0.1, 0.15) is 11.6 Å². The Hall–Kier alpha value is -3.48. The van der Waals surface area contributed by atoms with Crippen LogP contribution in [-0.2, 0) is 6.54 Å². The average Bonchev–Trinajstić information content (AvgIpc) is 3.16. The Morgan fingerprint density at radius 2 is 1.89 bits per heavy atom. The Morgan fingerprint density at radius 1 is 1.04 bits per heavy atom. The minimum Gasteiger partial charge on any atom is -0.492 e. The fraction of sp³-hybridized carbons (Fsp3) is 0.238. The van der Waals surface area contributed by atoms with Gasteiger partial charge in [0.05, 0.1) is 12.3 Å².